The smallest absolute Gasteiger partial charge is 0.0783 e. The molecule has 0 aliphatic heterocycles. The van der Waals surface area contributed by atoms with Crippen LogP contribution in [0.4, 0.5) is 0 Å². The van der Waals surface area contributed by atoms with Crippen molar-refractivity contribution < 1.29 is 0 Å². The highest BCUT2D eigenvalue weighted by molar-refractivity contribution is 5.98. The van der Waals surface area contributed by atoms with E-state index in [9.17, 15) is 0 Å². The minimum Gasteiger partial charge on any atom is -0.256 e. The molecule has 1 nitrogen and oxygen atoms in total. The Kier molecular flexibility index (Phi) is 5.71. The number of benzene rings is 3. The van der Waals surface area contributed by atoms with Gasteiger partial charge in [0.15, 0.2) is 0 Å². The first-order valence-electron chi connectivity index (χ1n) is 12.0. The number of aromatic nitrogens is 1. The summed E-state index contributed by atoms with van der Waals surface area (Å²) in [7, 11) is 0. The van der Waals surface area contributed by atoms with Crippen molar-refractivity contribution in [2.45, 2.75) is 65.7 Å². The Morgan fingerprint density at radius 1 is 0.781 bits per heavy atom. The average molecular weight is 422 g/mol. The van der Waals surface area contributed by atoms with Gasteiger partial charge >= 0.3 is 0 Å². The minimum atomic E-state index is 0.00914. The molecule has 4 aromatic rings. The van der Waals surface area contributed by atoms with Crippen LogP contribution in [0.5, 0.6) is 0 Å². The van der Waals surface area contributed by atoms with Crippen LogP contribution in [-0.2, 0) is 10.8 Å². The molecule has 1 aromatic heterocycles. The van der Waals surface area contributed by atoms with Gasteiger partial charge in [-0.25, -0.2) is 0 Å². The van der Waals surface area contributed by atoms with Gasteiger partial charge in [0.1, 0.15) is 0 Å². The SMILES string of the molecule is CC.CCC(C)(C)c1c(-c2nccc3ccccc23)ccc2c1-c1ccccc1C2(C)C. The number of fused-ring (bicyclic) bond motifs is 4. The van der Waals surface area contributed by atoms with Crippen LogP contribution in [0.15, 0.2) is 72.9 Å². The molecule has 0 unspecified atom stereocenters. The van der Waals surface area contributed by atoms with Crippen molar-refractivity contribution in [1.82, 2.24) is 4.98 Å². The molecular formula is C31H35N. The topological polar surface area (TPSA) is 12.9 Å². The van der Waals surface area contributed by atoms with E-state index in [4.69, 9.17) is 4.98 Å². The van der Waals surface area contributed by atoms with Crippen molar-refractivity contribution in [3.05, 3.63) is 89.6 Å². The lowest BCUT2D eigenvalue weighted by molar-refractivity contribution is 0.508. The van der Waals surface area contributed by atoms with Gasteiger partial charge in [0.25, 0.3) is 0 Å². The zero-order valence-electron chi connectivity index (χ0n) is 20.6. The predicted octanol–water partition coefficient (Wildman–Crippen LogP) is 8.92. The second-order valence-electron chi connectivity index (χ2n) is 9.70. The first-order chi connectivity index (χ1) is 15.4. The molecule has 0 atom stereocenters. The number of hydrogen-bond donors (Lipinski definition) is 0. The molecule has 32 heavy (non-hydrogen) atoms. The molecule has 0 N–H and O–H groups in total. The Balaban J connectivity index is 0.00000119. The molecule has 164 valence electrons. The molecular weight excluding hydrogens is 386 g/mol. The van der Waals surface area contributed by atoms with E-state index in [1.807, 2.05) is 20.0 Å². The molecule has 1 heteroatoms. The van der Waals surface area contributed by atoms with Crippen LogP contribution in [0.25, 0.3) is 33.2 Å². The highest BCUT2D eigenvalue weighted by atomic mass is 14.7. The van der Waals surface area contributed by atoms with Crippen LogP contribution in [0.2, 0.25) is 0 Å². The number of nitrogens with zero attached hydrogens (tertiary/aromatic N) is 1. The third-order valence-corrected chi connectivity index (χ3v) is 7.24. The van der Waals surface area contributed by atoms with E-state index in [0.29, 0.717) is 0 Å². The summed E-state index contributed by atoms with van der Waals surface area (Å²) < 4.78 is 0. The summed E-state index contributed by atoms with van der Waals surface area (Å²) in [6, 6.07) is 24.3. The summed E-state index contributed by atoms with van der Waals surface area (Å²) in [5.41, 5.74) is 9.51. The fourth-order valence-corrected chi connectivity index (χ4v) is 5.21. The first kappa shape index (κ1) is 22.3. The van der Waals surface area contributed by atoms with E-state index in [2.05, 4.69) is 101 Å². The Hall–Kier alpha value is -2.93. The maximum absolute atomic E-state index is 4.90. The van der Waals surface area contributed by atoms with Gasteiger partial charge in [0.2, 0.25) is 0 Å². The summed E-state index contributed by atoms with van der Waals surface area (Å²) in [5, 5.41) is 2.46. The van der Waals surface area contributed by atoms with Gasteiger partial charge in [-0.05, 0) is 51.1 Å². The van der Waals surface area contributed by atoms with Crippen LogP contribution in [0.1, 0.15) is 71.6 Å². The maximum atomic E-state index is 4.90. The van der Waals surface area contributed by atoms with Crippen LogP contribution >= 0.6 is 0 Å². The molecule has 1 aliphatic rings. The van der Waals surface area contributed by atoms with E-state index in [0.717, 1.165) is 12.1 Å². The summed E-state index contributed by atoms with van der Waals surface area (Å²) in [4.78, 5) is 4.90. The molecule has 1 aliphatic carbocycles. The van der Waals surface area contributed by atoms with Crippen LogP contribution in [-0.4, -0.2) is 4.98 Å². The molecule has 3 aromatic carbocycles. The van der Waals surface area contributed by atoms with Gasteiger partial charge in [-0.2, -0.15) is 0 Å². The van der Waals surface area contributed by atoms with E-state index >= 15 is 0 Å². The molecule has 0 saturated heterocycles. The zero-order chi connectivity index (χ0) is 23.1. The Morgan fingerprint density at radius 3 is 2.22 bits per heavy atom. The molecule has 5 rings (SSSR count). The van der Waals surface area contributed by atoms with Crippen LogP contribution < -0.4 is 0 Å². The molecule has 0 spiro atoms. The normalized spacial score (nSPS) is 13.8. The maximum Gasteiger partial charge on any atom is 0.0783 e. The van der Waals surface area contributed by atoms with Gasteiger partial charge in [-0.3, -0.25) is 4.98 Å². The van der Waals surface area contributed by atoms with Crippen molar-refractivity contribution in [3.63, 3.8) is 0 Å². The predicted molar refractivity (Wildman–Crippen MR) is 139 cm³/mol. The third-order valence-electron chi connectivity index (χ3n) is 7.24. The van der Waals surface area contributed by atoms with Crippen molar-refractivity contribution in [3.8, 4) is 22.4 Å². The molecule has 0 saturated carbocycles. The van der Waals surface area contributed by atoms with Gasteiger partial charge < -0.3 is 0 Å². The van der Waals surface area contributed by atoms with E-state index in [1.165, 1.54) is 44.2 Å². The van der Waals surface area contributed by atoms with E-state index in [1.54, 1.807) is 0 Å². The number of pyridine rings is 1. The van der Waals surface area contributed by atoms with Gasteiger partial charge in [-0.15, -0.1) is 0 Å². The van der Waals surface area contributed by atoms with E-state index < -0.39 is 0 Å². The first-order valence-corrected chi connectivity index (χ1v) is 12.0. The van der Waals surface area contributed by atoms with Crippen LogP contribution in [0.3, 0.4) is 0 Å². The summed E-state index contributed by atoms with van der Waals surface area (Å²) in [6.45, 7) is 15.8. The summed E-state index contributed by atoms with van der Waals surface area (Å²) in [5.74, 6) is 0. The van der Waals surface area contributed by atoms with Crippen LogP contribution in [0, 0.1) is 0 Å². The molecule has 0 amide bonds. The van der Waals surface area contributed by atoms with Gasteiger partial charge in [0.05, 0.1) is 5.69 Å². The fraction of sp³-hybridized carbons (Fsp3) is 0.323. The molecule has 0 bridgehead atoms. The van der Waals surface area contributed by atoms with Crippen molar-refractivity contribution >= 4 is 10.8 Å². The third kappa shape index (κ3) is 3.26. The minimum absolute atomic E-state index is 0.00914. The quantitative estimate of drug-likeness (QED) is 0.322. The lowest BCUT2D eigenvalue weighted by atomic mass is 9.73. The highest BCUT2D eigenvalue weighted by Gasteiger charge is 2.40. The monoisotopic (exact) mass is 421 g/mol. The highest BCUT2D eigenvalue weighted by Crippen LogP contribution is 2.54. The Morgan fingerprint density at radius 2 is 1.47 bits per heavy atom. The summed E-state index contributed by atoms with van der Waals surface area (Å²) in [6.07, 6.45) is 3.02. The second kappa shape index (κ2) is 8.20. The van der Waals surface area contributed by atoms with Crippen molar-refractivity contribution in [2.24, 2.45) is 0 Å². The average Bonchev–Trinajstić information content (AvgIpc) is 3.06. The van der Waals surface area contributed by atoms with Gasteiger partial charge in [0, 0.05) is 22.6 Å². The van der Waals surface area contributed by atoms with Crippen molar-refractivity contribution in [2.75, 3.05) is 0 Å². The number of rotatable bonds is 3. The standard InChI is InChI=1S/C29H29N.C2H6/c1-6-28(2,3)26-22(27-20-12-8-7-11-19(20)17-18-30-27)15-16-24-25(26)21-13-9-10-14-23(21)29(24,4)5;1-2/h7-18H,6H2,1-5H3;1-2H3. The summed E-state index contributed by atoms with van der Waals surface area (Å²) >= 11 is 0. The number of hydrogen-bond acceptors (Lipinski definition) is 1. The molecule has 1 heterocycles. The van der Waals surface area contributed by atoms with E-state index in [-0.39, 0.29) is 10.8 Å². The lowest BCUT2D eigenvalue weighted by Crippen LogP contribution is -2.20. The van der Waals surface area contributed by atoms with Crippen molar-refractivity contribution in [1.29, 1.82) is 0 Å². The lowest BCUT2D eigenvalue weighted by Gasteiger charge is -2.31. The second-order valence-corrected chi connectivity index (χ2v) is 9.70. The Labute approximate surface area is 193 Å². The molecule has 0 radical (unpaired) electrons. The van der Waals surface area contributed by atoms with Gasteiger partial charge in [-0.1, -0.05) is 109 Å². The fourth-order valence-electron chi connectivity index (χ4n) is 5.21. The largest absolute Gasteiger partial charge is 0.256 e. The Bertz CT molecular complexity index is 1270. The molecule has 0 fully saturated rings. The zero-order valence-corrected chi connectivity index (χ0v) is 20.6.